The molecule has 0 spiro atoms. The van der Waals surface area contributed by atoms with Crippen molar-refractivity contribution in [2.45, 2.75) is 24.2 Å². The van der Waals surface area contributed by atoms with E-state index in [1.807, 2.05) is 42.5 Å². The molecule has 0 aromatic heterocycles. The molecule has 1 saturated carbocycles. The van der Waals surface area contributed by atoms with E-state index in [4.69, 9.17) is 27.9 Å². The minimum absolute atomic E-state index is 0.113. The third-order valence-electron chi connectivity index (χ3n) is 9.15. The van der Waals surface area contributed by atoms with E-state index in [1.165, 1.54) is 0 Å². The van der Waals surface area contributed by atoms with Gasteiger partial charge in [0.15, 0.2) is 0 Å². The van der Waals surface area contributed by atoms with Gasteiger partial charge in [0.2, 0.25) is 0 Å². The molecule has 7 heteroatoms. The number of carboxylic acid groups (broad SMARTS) is 1. The lowest BCUT2D eigenvalue weighted by Gasteiger charge is -2.59. The summed E-state index contributed by atoms with van der Waals surface area (Å²) in [5.74, 6) is -1.16. The van der Waals surface area contributed by atoms with Gasteiger partial charge >= 0.3 is 5.97 Å². The van der Waals surface area contributed by atoms with Crippen LogP contribution in [-0.4, -0.2) is 42.1 Å². The molecule has 7 rings (SSSR count). The van der Waals surface area contributed by atoms with E-state index in [9.17, 15) is 14.7 Å². The number of ether oxygens (including phenoxy) is 1. The van der Waals surface area contributed by atoms with Gasteiger partial charge in [-0.05, 0) is 47.7 Å². The second-order valence-corrected chi connectivity index (χ2v) is 11.4. The molecule has 1 saturated heterocycles. The van der Waals surface area contributed by atoms with E-state index in [-0.39, 0.29) is 29.9 Å². The molecule has 2 bridgehead atoms. The van der Waals surface area contributed by atoms with Crippen LogP contribution in [0, 0.1) is 11.3 Å². The van der Waals surface area contributed by atoms with Crippen LogP contribution in [0.5, 0.6) is 5.75 Å². The molecule has 0 radical (unpaired) electrons. The highest BCUT2D eigenvalue weighted by molar-refractivity contribution is 6.42. The predicted molar refractivity (Wildman–Crippen MR) is 148 cm³/mol. The third-order valence-corrected chi connectivity index (χ3v) is 9.89. The zero-order chi connectivity index (χ0) is 26.8. The quantitative estimate of drug-likeness (QED) is 0.374. The van der Waals surface area contributed by atoms with Crippen molar-refractivity contribution >= 4 is 40.7 Å². The molecule has 4 atom stereocenters. The maximum atomic E-state index is 13.9. The number of hydrogen-bond donors (Lipinski definition) is 1. The van der Waals surface area contributed by atoms with Crippen molar-refractivity contribution in [1.29, 1.82) is 0 Å². The molecular weight excluding hydrogens is 521 g/mol. The first-order valence-electron chi connectivity index (χ1n) is 12.7. The molecule has 38 heavy (non-hydrogen) atoms. The fourth-order valence-corrected chi connectivity index (χ4v) is 7.88. The van der Waals surface area contributed by atoms with Crippen LogP contribution in [0.1, 0.15) is 41.0 Å². The lowest BCUT2D eigenvalue weighted by molar-refractivity contribution is -0.157. The van der Waals surface area contributed by atoms with Crippen molar-refractivity contribution in [3.05, 3.63) is 106 Å². The number of aliphatic carboxylic acids is 1. The molecule has 1 aliphatic heterocycles. The summed E-state index contributed by atoms with van der Waals surface area (Å²) in [4.78, 5) is 28.9. The van der Waals surface area contributed by atoms with Gasteiger partial charge in [0.1, 0.15) is 5.75 Å². The van der Waals surface area contributed by atoms with E-state index in [2.05, 4.69) is 12.6 Å². The smallest absolute Gasteiger partial charge is 0.312 e. The maximum Gasteiger partial charge on any atom is 0.312 e. The van der Waals surface area contributed by atoms with E-state index in [1.54, 1.807) is 30.2 Å². The first kappa shape index (κ1) is 25.0. The number of likely N-dealkylation sites (tertiary alicyclic amines) is 1. The van der Waals surface area contributed by atoms with E-state index >= 15 is 0 Å². The molecule has 5 nitrogen and oxygen atoms in total. The second-order valence-electron chi connectivity index (χ2n) is 10.5. The van der Waals surface area contributed by atoms with Crippen LogP contribution < -0.4 is 4.74 Å². The number of carbonyl (C=O) groups excluding carboxylic acids is 1. The highest BCUT2D eigenvalue weighted by atomic mass is 35.5. The molecule has 1 N–H and O–H groups in total. The third kappa shape index (κ3) is 3.25. The number of amides is 1. The van der Waals surface area contributed by atoms with Gasteiger partial charge in [0, 0.05) is 41.5 Å². The lowest BCUT2D eigenvalue weighted by atomic mass is 9.42. The Morgan fingerprint density at radius 3 is 2.53 bits per heavy atom. The molecule has 4 aliphatic rings. The summed E-state index contributed by atoms with van der Waals surface area (Å²) in [6, 6.07) is 21.0. The van der Waals surface area contributed by atoms with Crippen LogP contribution in [0.3, 0.4) is 0 Å². The van der Waals surface area contributed by atoms with Crippen LogP contribution in [0.25, 0.3) is 5.57 Å². The van der Waals surface area contributed by atoms with Crippen molar-refractivity contribution in [2.75, 3.05) is 20.2 Å². The summed E-state index contributed by atoms with van der Waals surface area (Å²) in [6.07, 6.45) is 1.47. The second kappa shape index (κ2) is 8.89. The Bertz CT molecular complexity index is 1500. The number of carbonyl (C=O) groups is 2. The topological polar surface area (TPSA) is 66.8 Å². The Morgan fingerprint density at radius 2 is 1.79 bits per heavy atom. The Balaban J connectivity index is 1.51. The van der Waals surface area contributed by atoms with E-state index in [0.717, 1.165) is 23.1 Å². The number of para-hydroxylation sites is 1. The Hall–Kier alpha value is -3.28. The van der Waals surface area contributed by atoms with Gasteiger partial charge < -0.3 is 14.7 Å². The molecule has 1 amide bonds. The Morgan fingerprint density at radius 1 is 1.05 bits per heavy atom. The van der Waals surface area contributed by atoms with E-state index in [0.29, 0.717) is 34.3 Å². The number of fused-ring (bicyclic) bond motifs is 1. The van der Waals surface area contributed by atoms with Gasteiger partial charge in [-0.25, -0.2) is 0 Å². The molecule has 4 unspecified atom stereocenters. The van der Waals surface area contributed by atoms with Crippen molar-refractivity contribution in [3.63, 3.8) is 0 Å². The van der Waals surface area contributed by atoms with E-state index < -0.39 is 16.8 Å². The average Bonchev–Trinajstić information content (AvgIpc) is 3.38. The van der Waals surface area contributed by atoms with Crippen LogP contribution in [0.15, 0.2) is 73.3 Å². The highest BCUT2D eigenvalue weighted by Gasteiger charge is 2.71. The van der Waals surface area contributed by atoms with Crippen LogP contribution >= 0.6 is 23.2 Å². The molecular formula is C31H27Cl2NO4. The zero-order valence-electron chi connectivity index (χ0n) is 20.9. The molecule has 3 aromatic carbocycles. The zero-order valence-corrected chi connectivity index (χ0v) is 22.4. The first-order valence-corrected chi connectivity index (χ1v) is 13.4. The molecule has 194 valence electrons. The van der Waals surface area contributed by atoms with Gasteiger partial charge in [-0.15, -0.1) is 0 Å². The SMILES string of the molecule is C=C(C(=O)N1CC2C3(c4ccc(Cl)c(Cl)c4)CCC(c4ccccc43)C2(C(=O)O)C1)c1ccccc1OC. The average molecular weight is 548 g/mol. The number of hydrogen-bond acceptors (Lipinski definition) is 3. The van der Waals surface area contributed by atoms with Gasteiger partial charge in [-0.2, -0.15) is 0 Å². The van der Waals surface area contributed by atoms with Gasteiger partial charge in [-0.3, -0.25) is 9.59 Å². The van der Waals surface area contributed by atoms with Crippen LogP contribution in [0.2, 0.25) is 10.0 Å². The normalized spacial score (nSPS) is 27.0. The van der Waals surface area contributed by atoms with Crippen molar-refractivity contribution in [1.82, 2.24) is 4.90 Å². The highest BCUT2D eigenvalue weighted by Crippen LogP contribution is 2.69. The summed E-state index contributed by atoms with van der Waals surface area (Å²) in [7, 11) is 1.55. The Kier molecular flexibility index (Phi) is 5.85. The maximum absolute atomic E-state index is 13.9. The minimum Gasteiger partial charge on any atom is -0.496 e. The van der Waals surface area contributed by atoms with Crippen molar-refractivity contribution in [2.24, 2.45) is 11.3 Å². The Labute approximate surface area is 231 Å². The summed E-state index contributed by atoms with van der Waals surface area (Å²) in [5, 5.41) is 11.8. The summed E-state index contributed by atoms with van der Waals surface area (Å²) in [6.45, 7) is 4.51. The number of benzene rings is 3. The van der Waals surface area contributed by atoms with Gasteiger partial charge in [0.25, 0.3) is 5.91 Å². The summed E-state index contributed by atoms with van der Waals surface area (Å²) < 4.78 is 5.46. The number of rotatable bonds is 5. The van der Waals surface area contributed by atoms with Gasteiger partial charge in [0.05, 0.1) is 22.6 Å². The molecule has 2 fully saturated rings. The standard InChI is InChI=1S/C31H27Cl2NO4/c1-18(20-7-4-6-10-26(20)38-2)28(35)34-16-27-30(19-11-12-24(32)25(33)15-19)14-13-23(31(27,17-34)29(36)37)21-8-3-5-9-22(21)30/h3-12,15,23,27H,1,13-14,16-17H2,2H3,(H,36,37). The monoisotopic (exact) mass is 547 g/mol. The number of carboxylic acids is 1. The van der Waals surface area contributed by atoms with Gasteiger partial charge in [-0.1, -0.05) is 78.3 Å². The fourth-order valence-electron chi connectivity index (χ4n) is 7.58. The minimum atomic E-state index is -1.14. The number of halogens is 2. The largest absolute Gasteiger partial charge is 0.496 e. The van der Waals surface area contributed by atoms with Crippen LogP contribution in [-0.2, 0) is 15.0 Å². The first-order chi connectivity index (χ1) is 18.3. The fraction of sp³-hybridized carbons (Fsp3) is 0.290. The summed E-state index contributed by atoms with van der Waals surface area (Å²) >= 11 is 12.8. The number of methoxy groups -OCH3 is 1. The lowest BCUT2D eigenvalue weighted by Crippen LogP contribution is -2.60. The number of nitrogens with zero attached hydrogens (tertiary/aromatic N) is 1. The molecule has 1 heterocycles. The molecule has 3 aliphatic carbocycles. The molecule has 3 aromatic rings. The van der Waals surface area contributed by atoms with Crippen molar-refractivity contribution in [3.8, 4) is 5.75 Å². The van der Waals surface area contributed by atoms with Crippen LogP contribution in [0.4, 0.5) is 0 Å². The summed E-state index contributed by atoms with van der Waals surface area (Å²) in [5.41, 5.74) is 2.22. The van der Waals surface area contributed by atoms with Crippen molar-refractivity contribution < 1.29 is 19.4 Å². The predicted octanol–water partition coefficient (Wildman–Crippen LogP) is 6.42.